The number of hydrogen-bond acceptors (Lipinski definition) is 4. The van der Waals surface area contributed by atoms with E-state index in [2.05, 4.69) is 4.98 Å². The van der Waals surface area contributed by atoms with E-state index in [4.69, 9.17) is 16.3 Å². The lowest BCUT2D eigenvalue weighted by Crippen LogP contribution is -2.02. The van der Waals surface area contributed by atoms with Crippen LogP contribution in [0.25, 0.3) is 21.0 Å². The van der Waals surface area contributed by atoms with Crippen molar-refractivity contribution in [3.05, 3.63) is 59.1 Å². The molecule has 0 saturated heterocycles. The van der Waals surface area contributed by atoms with E-state index in [1.165, 1.54) is 23.8 Å². The smallest absolute Gasteiger partial charge is 0.309 e. The Morgan fingerprint density at radius 1 is 1.04 bits per heavy atom. The molecule has 116 valence electrons. The maximum Gasteiger partial charge on any atom is 0.309 e. The average Bonchev–Trinajstić information content (AvgIpc) is 2.92. The minimum absolute atomic E-state index is 0.344. The molecule has 3 rings (SSSR count). The monoisotopic (exact) mass is 343 g/mol. The number of aromatic nitrogens is 1. The number of carbonyl (C=O) groups is 1. The van der Waals surface area contributed by atoms with E-state index in [0.29, 0.717) is 10.9 Å². The van der Waals surface area contributed by atoms with Crippen molar-refractivity contribution < 1.29 is 9.53 Å². The number of benzene rings is 2. The van der Waals surface area contributed by atoms with Gasteiger partial charge in [-0.15, -0.1) is 11.3 Å². The molecule has 0 radical (unpaired) electrons. The molecule has 23 heavy (non-hydrogen) atoms. The molecule has 3 aromatic rings. The number of hydrogen-bond donors (Lipinski definition) is 0. The van der Waals surface area contributed by atoms with Crippen LogP contribution in [0.2, 0.25) is 5.02 Å². The molecule has 0 spiro atoms. The first-order chi connectivity index (χ1) is 11.0. The van der Waals surface area contributed by atoms with Crippen molar-refractivity contribution in [2.45, 2.75) is 13.8 Å². The van der Waals surface area contributed by atoms with Crippen LogP contribution < -0.4 is 4.74 Å². The number of esters is 1. The van der Waals surface area contributed by atoms with Crippen LogP contribution in [0.5, 0.6) is 5.88 Å². The first kappa shape index (κ1) is 15.7. The SMILES string of the molecule is CC(=O)Oc1nc(-c2ccc(Cl)cc2)sc1-c1ccc(C)cc1. The molecule has 3 nitrogen and oxygen atoms in total. The third kappa shape index (κ3) is 3.60. The standard InChI is InChI=1S/C18H14ClNO2S/c1-11-3-5-13(6-4-11)16-17(22-12(2)21)20-18(23-16)14-7-9-15(19)10-8-14/h3-10H,1-2H3. The van der Waals surface area contributed by atoms with Crippen LogP contribution in [0.1, 0.15) is 12.5 Å². The number of nitrogens with zero attached hydrogens (tertiary/aromatic N) is 1. The summed E-state index contributed by atoms with van der Waals surface area (Å²) in [4.78, 5) is 16.7. The van der Waals surface area contributed by atoms with Gasteiger partial charge < -0.3 is 4.74 Å². The van der Waals surface area contributed by atoms with Crippen molar-refractivity contribution in [2.24, 2.45) is 0 Å². The maximum atomic E-state index is 11.4. The normalized spacial score (nSPS) is 10.6. The third-order valence-electron chi connectivity index (χ3n) is 3.24. The lowest BCUT2D eigenvalue weighted by Gasteiger charge is -2.02. The van der Waals surface area contributed by atoms with Gasteiger partial charge in [-0.3, -0.25) is 4.79 Å². The summed E-state index contributed by atoms with van der Waals surface area (Å²) >= 11 is 7.42. The molecule has 0 bridgehead atoms. The van der Waals surface area contributed by atoms with Crippen molar-refractivity contribution >= 4 is 28.9 Å². The Balaban J connectivity index is 2.08. The fraction of sp³-hybridized carbons (Fsp3) is 0.111. The molecule has 0 unspecified atom stereocenters. The molecule has 0 saturated carbocycles. The molecule has 1 heterocycles. The van der Waals surface area contributed by atoms with Gasteiger partial charge in [-0.2, -0.15) is 0 Å². The molecular weight excluding hydrogens is 330 g/mol. The number of carbonyl (C=O) groups excluding carboxylic acids is 1. The highest BCUT2D eigenvalue weighted by molar-refractivity contribution is 7.18. The summed E-state index contributed by atoms with van der Waals surface area (Å²) in [7, 11) is 0. The van der Waals surface area contributed by atoms with Crippen LogP contribution >= 0.6 is 22.9 Å². The lowest BCUT2D eigenvalue weighted by atomic mass is 10.1. The molecular formula is C18H14ClNO2S. The van der Waals surface area contributed by atoms with Crippen molar-refractivity contribution in [3.63, 3.8) is 0 Å². The van der Waals surface area contributed by atoms with Crippen LogP contribution in [-0.2, 0) is 4.79 Å². The second-order valence-corrected chi connectivity index (χ2v) is 6.56. The van der Waals surface area contributed by atoms with Crippen LogP contribution in [0.3, 0.4) is 0 Å². The van der Waals surface area contributed by atoms with E-state index in [1.807, 2.05) is 55.5 Å². The summed E-state index contributed by atoms with van der Waals surface area (Å²) in [6.07, 6.45) is 0. The van der Waals surface area contributed by atoms with E-state index >= 15 is 0 Å². The van der Waals surface area contributed by atoms with Crippen LogP contribution in [0, 0.1) is 6.92 Å². The average molecular weight is 344 g/mol. The topological polar surface area (TPSA) is 39.2 Å². The van der Waals surface area contributed by atoms with Gasteiger partial charge in [0.15, 0.2) is 0 Å². The third-order valence-corrected chi connectivity index (χ3v) is 4.63. The van der Waals surface area contributed by atoms with Crippen LogP contribution in [0.15, 0.2) is 48.5 Å². The van der Waals surface area contributed by atoms with Gasteiger partial charge in [0.25, 0.3) is 0 Å². The highest BCUT2D eigenvalue weighted by atomic mass is 35.5. The number of halogens is 1. The van der Waals surface area contributed by atoms with Crippen molar-refractivity contribution in [1.82, 2.24) is 4.98 Å². The van der Waals surface area contributed by atoms with Crippen LogP contribution in [-0.4, -0.2) is 11.0 Å². The zero-order chi connectivity index (χ0) is 16.4. The molecule has 2 aromatic carbocycles. The summed E-state index contributed by atoms with van der Waals surface area (Å²) in [5, 5.41) is 1.46. The molecule has 5 heteroatoms. The Labute approximate surface area is 143 Å². The Morgan fingerprint density at radius 2 is 1.65 bits per heavy atom. The molecule has 0 aliphatic heterocycles. The van der Waals surface area contributed by atoms with E-state index in [0.717, 1.165) is 21.0 Å². The minimum atomic E-state index is -0.383. The summed E-state index contributed by atoms with van der Waals surface area (Å²) < 4.78 is 5.29. The van der Waals surface area contributed by atoms with Gasteiger partial charge in [0.1, 0.15) is 5.01 Å². The van der Waals surface area contributed by atoms with Gasteiger partial charge in [0.05, 0.1) is 4.88 Å². The van der Waals surface area contributed by atoms with Gasteiger partial charge in [0.2, 0.25) is 5.88 Å². The molecule has 0 amide bonds. The fourth-order valence-electron chi connectivity index (χ4n) is 2.11. The Morgan fingerprint density at radius 3 is 2.26 bits per heavy atom. The van der Waals surface area contributed by atoms with Gasteiger partial charge in [-0.05, 0) is 24.6 Å². The zero-order valence-corrected chi connectivity index (χ0v) is 14.2. The highest BCUT2D eigenvalue weighted by Crippen LogP contribution is 2.40. The second kappa shape index (κ2) is 6.52. The Bertz CT molecular complexity index is 838. The van der Waals surface area contributed by atoms with Crippen molar-refractivity contribution in [1.29, 1.82) is 0 Å². The summed E-state index contributed by atoms with van der Waals surface area (Å²) in [5.41, 5.74) is 3.08. The molecule has 0 fully saturated rings. The van der Waals surface area contributed by atoms with E-state index in [1.54, 1.807) is 0 Å². The highest BCUT2D eigenvalue weighted by Gasteiger charge is 2.17. The number of aryl methyl sites for hydroxylation is 1. The molecule has 0 aliphatic carbocycles. The fourth-order valence-corrected chi connectivity index (χ4v) is 3.25. The molecule has 0 atom stereocenters. The number of ether oxygens (including phenoxy) is 1. The zero-order valence-electron chi connectivity index (χ0n) is 12.7. The van der Waals surface area contributed by atoms with Crippen molar-refractivity contribution in [3.8, 4) is 26.9 Å². The number of rotatable bonds is 3. The van der Waals surface area contributed by atoms with E-state index in [-0.39, 0.29) is 5.97 Å². The Kier molecular flexibility index (Phi) is 4.46. The maximum absolute atomic E-state index is 11.4. The summed E-state index contributed by atoms with van der Waals surface area (Å²) in [5.74, 6) is -0.0392. The minimum Gasteiger partial charge on any atom is -0.406 e. The van der Waals surface area contributed by atoms with Crippen LogP contribution in [0.4, 0.5) is 0 Å². The summed E-state index contributed by atoms with van der Waals surface area (Å²) in [6.45, 7) is 3.41. The predicted octanol–water partition coefficient (Wildman–Crippen LogP) is 5.36. The predicted molar refractivity (Wildman–Crippen MR) is 94.0 cm³/mol. The molecule has 1 aromatic heterocycles. The van der Waals surface area contributed by atoms with Gasteiger partial charge >= 0.3 is 5.97 Å². The van der Waals surface area contributed by atoms with Gasteiger partial charge in [0, 0.05) is 17.5 Å². The molecule has 0 N–H and O–H groups in total. The quantitative estimate of drug-likeness (QED) is 0.600. The van der Waals surface area contributed by atoms with Gasteiger partial charge in [-0.25, -0.2) is 4.98 Å². The first-order valence-corrected chi connectivity index (χ1v) is 8.24. The first-order valence-electron chi connectivity index (χ1n) is 7.05. The van der Waals surface area contributed by atoms with E-state index in [9.17, 15) is 4.79 Å². The summed E-state index contributed by atoms with van der Waals surface area (Å²) in [6, 6.07) is 15.5. The largest absolute Gasteiger partial charge is 0.406 e. The van der Waals surface area contributed by atoms with Crippen molar-refractivity contribution in [2.75, 3.05) is 0 Å². The second-order valence-electron chi connectivity index (χ2n) is 5.12. The molecule has 0 aliphatic rings. The van der Waals surface area contributed by atoms with E-state index < -0.39 is 0 Å². The number of thiazole rings is 1. The lowest BCUT2D eigenvalue weighted by molar-refractivity contribution is -0.132. The Hall–Kier alpha value is -2.17. The van der Waals surface area contributed by atoms with Gasteiger partial charge in [-0.1, -0.05) is 53.6 Å².